The van der Waals surface area contributed by atoms with Crippen LogP contribution >= 0.6 is 27.3 Å². The van der Waals surface area contributed by atoms with Gasteiger partial charge in [-0.05, 0) is 54.0 Å². The quantitative estimate of drug-likeness (QED) is 0.833. The second-order valence-corrected chi connectivity index (χ2v) is 7.19. The third kappa shape index (κ3) is 4.12. The van der Waals surface area contributed by atoms with Gasteiger partial charge in [-0.3, -0.25) is 9.59 Å². The molecular weight excluding hydrogens is 330 g/mol. The van der Waals surface area contributed by atoms with E-state index in [4.69, 9.17) is 5.11 Å². The first kappa shape index (κ1) is 14.7. The number of carbonyl (C=O) groups excluding carboxylic acids is 1. The summed E-state index contributed by atoms with van der Waals surface area (Å²) in [7, 11) is 0. The summed E-state index contributed by atoms with van der Waals surface area (Å²) >= 11 is 4.81. The number of likely N-dealkylation sites (tertiary alicyclic amines) is 1. The summed E-state index contributed by atoms with van der Waals surface area (Å²) in [5.74, 6) is -0.740. The number of ketones is 1. The fourth-order valence-electron chi connectivity index (χ4n) is 2.25. The molecule has 1 N–H and O–H groups in total. The second kappa shape index (κ2) is 6.63. The lowest BCUT2D eigenvalue weighted by molar-refractivity contribution is -0.143. The topological polar surface area (TPSA) is 57.6 Å². The van der Waals surface area contributed by atoms with Crippen LogP contribution < -0.4 is 0 Å². The van der Waals surface area contributed by atoms with Crippen LogP contribution in [0.5, 0.6) is 0 Å². The van der Waals surface area contributed by atoms with Crippen LogP contribution in [0.3, 0.4) is 0 Å². The maximum Gasteiger partial charge on any atom is 0.306 e. The third-order valence-electron chi connectivity index (χ3n) is 3.44. The summed E-state index contributed by atoms with van der Waals surface area (Å²) in [6, 6.07) is 3.73. The number of carboxylic acids is 1. The lowest BCUT2D eigenvalue weighted by Crippen LogP contribution is -2.37. The Balaban J connectivity index is 1.75. The van der Waals surface area contributed by atoms with E-state index >= 15 is 0 Å². The van der Waals surface area contributed by atoms with E-state index in [0.717, 1.165) is 28.3 Å². The van der Waals surface area contributed by atoms with E-state index < -0.39 is 5.97 Å². The van der Waals surface area contributed by atoms with Crippen molar-refractivity contribution in [3.05, 3.63) is 20.8 Å². The molecule has 1 fully saturated rings. The number of thiophene rings is 1. The van der Waals surface area contributed by atoms with E-state index in [0.29, 0.717) is 19.3 Å². The van der Waals surface area contributed by atoms with Crippen molar-refractivity contribution < 1.29 is 14.7 Å². The molecule has 0 spiro atoms. The lowest BCUT2D eigenvalue weighted by atomic mass is 9.97. The number of piperidine rings is 1. The molecule has 1 saturated heterocycles. The van der Waals surface area contributed by atoms with Gasteiger partial charge in [-0.1, -0.05) is 0 Å². The van der Waals surface area contributed by atoms with E-state index in [1.54, 1.807) is 0 Å². The molecule has 0 aromatic carbocycles. The van der Waals surface area contributed by atoms with Gasteiger partial charge in [0, 0.05) is 13.0 Å². The highest BCUT2D eigenvalue weighted by atomic mass is 79.9. The minimum absolute atomic E-state index is 0.163. The molecule has 0 bridgehead atoms. The third-order valence-corrected chi connectivity index (χ3v) is 5.10. The first-order valence-corrected chi connectivity index (χ1v) is 7.91. The van der Waals surface area contributed by atoms with Crippen molar-refractivity contribution in [3.63, 3.8) is 0 Å². The van der Waals surface area contributed by atoms with Crippen molar-refractivity contribution in [2.24, 2.45) is 5.92 Å². The highest BCUT2D eigenvalue weighted by Crippen LogP contribution is 2.23. The molecule has 0 aliphatic carbocycles. The van der Waals surface area contributed by atoms with Crippen LogP contribution in [0.1, 0.15) is 28.9 Å². The predicted molar refractivity (Wildman–Crippen MR) is 77.8 cm³/mol. The minimum Gasteiger partial charge on any atom is -0.481 e. The fraction of sp³-hybridized carbons (Fsp3) is 0.538. The van der Waals surface area contributed by atoms with Crippen LogP contribution in [-0.4, -0.2) is 41.4 Å². The van der Waals surface area contributed by atoms with Gasteiger partial charge in [-0.15, -0.1) is 11.3 Å². The molecule has 1 aromatic rings. The largest absolute Gasteiger partial charge is 0.481 e. The summed E-state index contributed by atoms with van der Waals surface area (Å²) in [6.07, 6.45) is 1.88. The summed E-state index contributed by atoms with van der Waals surface area (Å²) in [4.78, 5) is 25.7. The van der Waals surface area contributed by atoms with Gasteiger partial charge in [-0.25, -0.2) is 0 Å². The van der Waals surface area contributed by atoms with Crippen LogP contribution in [0.2, 0.25) is 0 Å². The Morgan fingerprint density at radius 3 is 2.58 bits per heavy atom. The zero-order chi connectivity index (χ0) is 13.8. The standard InChI is InChI=1S/C13H16BrNO3S/c14-12-2-1-11(19-12)10(16)5-8-15-6-3-9(4-7-15)13(17)18/h1-2,9H,3-8H2,(H,17,18). The molecule has 1 aromatic heterocycles. The molecule has 2 rings (SSSR count). The number of rotatable bonds is 5. The normalized spacial score (nSPS) is 17.5. The van der Waals surface area contributed by atoms with E-state index in [2.05, 4.69) is 20.8 Å². The Labute approximate surface area is 124 Å². The smallest absolute Gasteiger partial charge is 0.306 e. The molecular formula is C13H16BrNO3S. The van der Waals surface area contributed by atoms with Crippen LogP contribution in [0, 0.1) is 5.92 Å². The number of carbonyl (C=O) groups is 2. The first-order valence-electron chi connectivity index (χ1n) is 6.30. The number of nitrogens with zero attached hydrogens (tertiary/aromatic N) is 1. The van der Waals surface area contributed by atoms with E-state index in [-0.39, 0.29) is 11.7 Å². The number of Topliss-reactive ketones (excluding diaryl/α,β-unsaturated/α-hetero) is 1. The second-order valence-electron chi connectivity index (χ2n) is 4.73. The molecule has 1 aliphatic heterocycles. The van der Waals surface area contributed by atoms with Crippen LogP contribution in [0.15, 0.2) is 15.9 Å². The average Bonchev–Trinajstić information content (AvgIpc) is 2.83. The molecule has 19 heavy (non-hydrogen) atoms. The van der Waals surface area contributed by atoms with Gasteiger partial charge in [0.2, 0.25) is 0 Å². The molecule has 1 aliphatic rings. The van der Waals surface area contributed by atoms with Gasteiger partial charge in [-0.2, -0.15) is 0 Å². The molecule has 2 heterocycles. The van der Waals surface area contributed by atoms with Gasteiger partial charge in [0.05, 0.1) is 14.6 Å². The summed E-state index contributed by atoms with van der Waals surface area (Å²) in [5, 5.41) is 8.92. The highest BCUT2D eigenvalue weighted by Gasteiger charge is 2.24. The van der Waals surface area contributed by atoms with Crippen molar-refractivity contribution >= 4 is 39.0 Å². The molecule has 104 valence electrons. The Kier molecular flexibility index (Phi) is 5.13. The zero-order valence-electron chi connectivity index (χ0n) is 10.5. The van der Waals surface area contributed by atoms with Gasteiger partial charge in [0.25, 0.3) is 0 Å². The predicted octanol–water partition coefficient (Wildman–Crippen LogP) is 2.88. The van der Waals surface area contributed by atoms with E-state index in [9.17, 15) is 9.59 Å². The van der Waals surface area contributed by atoms with Crippen molar-refractivity contribution in [2.45, 2.75) is 19.3 Å². The Hall–Kier alpha value is -0.720. The molecule has 0 amide bonds. The Morgan fingerprint density at radius 2 is 2.05 bits per heavy atom. The Bertz CT molecular complexity index is 466. The SMILES string of the molecule is O=C(CCN1CCC(C(=O)O)CC1)c1ccc(Br)s1. The summed E-state index contributed by atoms with van der Waals surface area (Å²) in [5.41, 5.74) is 0. The van der Waals surface area contributed by atoms with Crippen LogP contribution in [-0.2, 0) is 4.79 Å². The summed E-state index contributed by atoms with van der Waals surface area (Å²) in [6.45, 7) is 2.28. The van der Waals surface area contributed by atoms with E-state index in [1.165, 1.54) is 11.3 Å². The average molecular weight is 346 g/mol. The molecule has 0 atom stereocenters. The van der Waals surface area contributed by atoms with Crippen molar-refractivity contribution in [3.8, 4) is 0 Å². The van der Waals surface area contributed by atoms with Crippen molar-refractivity contribution in [2.75, 3.05) is 19.6 Å². The van der Waals surface area contributed by atoms with Gasteiger partial charge >= 0.3 is 5.97 Å². The number of carboxylic acid groups (broad SMARTS) is 1. The highest BCUT2D eigenvalue weighted by molar-refractivity contribution is 9.11. The number of hydrogen-bond acceptors (Lipinski definition) is 4. The zero-order valence-corrected chi connectivity index (χ0v) is 12.9. The maximum absolute atomic E-state index is 11.9. The monoisotopic (exact) mass is 345 g/mol. The van der Waals surface area contributed by atoms with Crippen LogP contribution in [0.4, 0.5) is 0 Å². The van der Waals surface area contributed by atoms with Gasteiger partial charge < -0.3 is 10.0 Å². The number of aliphatic carboxylic acids is 1. The first-order chi connectivity index (χ1) is 9.06. The van der Waals surface area contributed by atoms with Crippen molar-refractivity contribution in [1.82, 2.24) is 4.90 Å². The molecule has 0 saturated carbocycles. The Morgan fingerprint density at radius 1 is 1.37 bits per heavy atom. The fourth-order valence-corrected chi connectivity index (χ4v) is 3.60. The van der Waals surface area contributed by atoms with Gasteiger partial charge in [0.1, 0.15) is 0 Å². The van der Waals surface area contributed by atoms with Crippen LogP contribution in [0.25, 0.3) is 0 Å². The number of hydrogen-bond donors (Lipinski definition) is 1. The van der Waals surface area contributed by atoms with E-state index in [1.807, 2.05) is 12.1 Å². The lowest BCUT2D eigenvalue weighted by Gasteiger charge is -2.29. The summed E-state index contributed by atoms with van der Waals surface area (Å²) < 4.78 is 0.970. The molecule has 0 radical (unpaired) electrons. The van der Waals surface area contributed by atoms with Crippen molar-refractivity contribution in [1.29, 1.82) is 0 Å². The molecule has 4 nitrogen and oxygen atoms in total. The van der Waals surface area contributed by atoms with Gasteiger partial charge in [0.15, 0.2) is 5.78 Å². The molecule has 0 unspecified atom stereocenters. The molecule has 6 heteroatoms. The minimum atomic E-state index is -0.695. The number of halogens is 1. The maximum atomic E-state index is 11.9.